The highest BCUT2D eigenvalue weighted by molar-refractivity contribution is 5.74. The van der Waals surface area contributed by atoms with Crippen molar-refractivity contribution in [2.45, 2.75) is 212 Å². The molecule has 75 heavy (non-hydrogen) atoms. The molecule has 6 heterocycles. The summed E-state index contributed by atoms with van der Waals surface area (Å²) in [5, 5.41) is 180. The van der Waals surface area contributed by atoms with Crippen molar-refractivity contribution >= 4 is 17.7 Å². The zero-order chi connectivity index (χ0) is 55.5. The predicted molar refractivity (Wildman–Crippen MR) is 233 cm³/mol. The van der Waals surface area contributed by atoms with Crippen LogP contribution in [0.2, 0.25) is 0 Å². The molecule has 6 aliphatic heterocycles. The second-order valence-corrected chi connectivity index (χ2v) is 18.9. The quantitative estimate of drug-likeness (QED) is 0.0606. The highest BCUT2D eigenvalue weighted by Gasteiger charge is 2.59. The lowest BCUT2D eigenvalue weighted by atomic mass is 9.93. The molecule has 33 heteroatoms. The molecule has 0 aliphatic carbocycles. The third-order valence-electron chi connectivity index (χ3n) is 13.6. The zero-order valence-corrected chi connectivity index (χ0v) is 40.7. The fourth-order valence-corrected chi connectivity index (χ4v) is 9.66. The van der Waals surface area contributed by atoms with Crippen LogP contribution in [0.25, 0.3) is 0 Å². The molecule has 6 aliphatic rings. The summed E-state index contributed by atoms with van der Waals surface area (Å²) in [4.78, 5) is 38.0. The molecule has 0 bridgehead atoms. The number of aliphatic hydroxyl groups excluding tert-OH is 16. The van der Waals surface area contributed by atoms with Gasteiger partial charge >= 0.3 is 0 Å². The van der Waals surface area contributed by atoms with Gasteiger partial charge in [-0.25, -0.2) is 0 Å². The number of ether oxygens (including phenoxy) is 11. The van der Waals surface area contributed by atoms with E-state index in [1.807, 2.05) is 0 Å². The maximum Gasteiger partial charge on any atom is 0.217 e. The summed E-state index contributed by atoms with van der Waals surface area (Å²) in [5.41, 5.74) is 0. The van der Waals surface area contributed by atoms with Crippen molar-refractivity contribution in [2.75, 3.05) is 33.0 Å². The Kier molecular flexibility index (Phi) is 21.8. The van der Waals surface area contributed by atoms with Crippen molar-refractivity contribution in [2.24, 2.45) is 0 Å². The second-order valence-electron chi connectivity index (χ2n) is 18.9. The monoisotopic (exact) mass is 1100 g/mol. The molecule has 30 atom stereocenters. The Labute approximate surface area is 426 Å². The van der Waals surface area contributed by atoms with Crippen molar-refractivity contribution in [3.8, 4) is 0 Å². The SMILES string of the molecule is CC(=O)N[C@@H]1[C@@H](O[C@@H]2O[C@H](CO)[C@@H](O[C@@H]3O[C@H](CO)[C@H](O)[C@H](O[C@@H]4O[C@H](CO)[C@@H](O)[C@H](O[C@@H]5O[C@H](CO)[C@H](O)[C@H](O)[C@H]5O)[C@H]4NC(C)=O)[C@H]3O)[C@H](O[C@@H]3O[C@@H](C)[C@@H](O)[C@@H](O)[C@@H]3O)[C@H]2NC(C)=O)[C@@H](O)[C@@H](CO)O[C@@H]1O. The number of carbonyl (C=O) groups excluding carboxylic acids is 3. The average molecular weight is 1100 g/mol. The van der Waals surface area contributed by atoms with Gasteiger partial charge < -0.3 is 150 Å². The van der Waals surface area contributed by atoms with E-state index >= 15 is 0 Å². The van der Waals surface area contributed by atoms with Gasteiger partial charge in [-0.1, -0.05) is 0 Å². The molecular weight excluding hydrogens is 1030 g/mol. The molecule has 0 aromatic carbocycles. The van der Waals surface area contributed by atoms with Crippen LogP contribution in [0.4, 0.5) is 0 Å². The Bertz CT molecular complexity index is 1850. The third kappa shape index (κ3) is 13.5. The van der Waals surface area contributed by atoms with Crippen molar-refractivity contribution in [3.63, 3.8) is 0 Å². The first-order valence-corrected chi connectivity index (χ1v) is 24.0. The molecule has 0 radical (unpaired) electrons. The van der Waals surface area contributed by atoms with Crippen LogP contribution < -0.4 is 16.0 Å². The summed E-state index contributed by atoms with van der Waals surface area (Å²) >= 11 is 0. The van der Waals surface area contributed by atoms with Crippen molar-refractivity contribution in [1.82, 2.24) is 16.0 Å². The molecule has 6 fully saturated rings. The van der Waals surface area contributed by atoms with Crippen LogP contribution in [-0.2, 0) is 66.5 Å². The van der Waals surface area contributed by atoms with Crippen molar-refractivity contribution in [3.05, 3.63) is 0 Å². The molecule has 0 spiro atoms. The van der Waals surface area contributed by atoms with E-state index in [-0.39, 0.29) is 0 Å². The van der Waals surface area contributed by atoms with E-state index in [4.69, 9.17) is 52.1 Å². The van der Waals surface area contributed by atoms with E-state index in [0.717, 1.165) is 20.8 Å². The Balaban J connectivity index is 1.36. The van der Waals surface area contributed by atoms with Gasteiger partial charge in [-0.2, -0.15) is 0 Å². The summed E-state index contributed by atoms with van der Waals surface area (Å²) in [5.74, 6) is -2.48. The Morgan fingerprint density at radius 3 is 1.19 bits per heavy atom. The standard InChI is InChI=1S/C42H71N3O30/c1-10-22(54)27(59)29(61)40(65-10)74-35-21(45-13(4)53)39(72-33-19(43-11(2)51)37(64)66-15(6-47)24(33)56)70-18(9-50)32(35)71-42-31(63)36(26(58)17(8-49)69-42)75-38-20(44-12(3)52)34(25(57)16(7-48)67-38)73-41-30(62)28(60)23(55)14(5-46)68-41/h10,14-42,46-50,54-64H,5-9H2,1-4H3,(H,43,51)(H,44,52)(H,45,53)/t10-,14+,15+,16+,17+,18+,19+,20+,21+,22+,23-,24-,25+,26-,27+,28-,29-,30+,31+,32+,33+,34+,35+,36-,37-,38-,39-,40-,41-,42-/m0/s1. The Morgan fingerprint density at radius 1 is 0.347 bits per heavy atom. The number of nitrogens with one attached hydrogen (secondary N) is 3. The normalized spacial score (nSPS) is 48.6. The van der Waals surface area contributed by atoms with Gasteiger partial charge in [-0.15, -0.1) is 0 Å². The van der Waals surface area contributed by atoms with Crippen LogP contribution in [0, 0.1) is 0 Å². The zero-order valence-electron chi connectivity index (χ0n) is 40.7. The lowest BCUT2D eigenvalue weighted by Crippen LogP contribution is -2.72. The lowest BCUT2D eigenvalue weighted by Gasteiger charge is -2.52. The van der Waals surface area contributed by atoms with Gasteiger partial charge in [0.25, 0.3) is 0 Å². The topological polar surface area (TPSA) is 513 Å². The molecule has 0 saturated carbocycles. The number of aliphatic hydroxyl groups is 16. The molecular formula is C42H71N3O30. The average Bonchev–Trinajstić information content (AvgIpc) is 3.36. The molecule has 0 aromatic heterocycles. The minimum atomic E-state index is -2.29. The summed E-state index contributed by atoms with van der Waals surface area (Å²) in [6.45, 7) is -0.582. The molecule has 19 N–H and O–H groups in total. The number of amides is 3. The van der Waals surface area contributed by atoms with E-state index in [0.29, 0.717) is 0 Å². The molecule has 434 valence electrons. The number of rotatable bonds is 18. The highest BCUT2D eigenvalue weighted by atomic mass is 16.8. The smallest absolute Gasteiger partial charge is 0.217 e. The molecule has 6 saturated heterocycles. The fourth-order valence-electron chi connectivity index (χ4n) is 9.66. The lowest BCUT2D eigenvalue weighted by molar-refractivity contribution is -0.390. The van der Waals surface area contributed by atoms with Crippen LogP contribution in [0.15, 0.2) is 0 Å². The first-order chi connectivity index (χ1) is 35.4. The van der Waals surface area contributed by atoms with Gasteiger partial charge in [0.15, 0.2) is 37.7 Å². The number of hydrogen-bond acceptors (Lipinski definition) is 30. The highest BCUT2D eigenvalue weighted by Crippen LogP contribution is 2.38. The minimum Gasteiger partial charge on any atom is -0.394 e. The molecule has 6 rings (SSSR count). The first kappa shape index (κ1) is 61.5. The van der Waals surface area contributed by atoms with Crippen LogP contribution in [-0.4, -0.2) is 317 Å². The minimum absolute atomic E-state index is 0.762. The first-order valence-electron chi connectivity index (χ1n) is 24.0. The number of carbonyl (C=O) groups is 3. The van der Waals surface area contributed by atoms with E-state index < -0.39 is 235 Å². The fraction of sp³-hybridized carbons (Fsp3) is 0.929. The summed E-state index contributed by atoms with van der Waals surface area (Å²) in [6, 6.07) is -5.17. The van der Waals surface area contributed by atoms with E-state index in [9.17, 15) is 96.1 Å². The van der Waals surface area contributed by atoms with Gasteiger partial charge in [0.1, 0.15) is 140 Å². The Hall–Kier alpha value is -2.67. The molecule has 0 unspecified atom stereocenters. The van der Waals surface area contributed by atoms with E-state index in [1.165, 1.54) is 6.92 Å². The molecule has 33 nitrogen and oxygen atoms in total. The van der Waals surface area contributed by atoms with E-state index in [1.54, 1.807) is 0 Å². The summed E-state index contributed by atoms with van der Waals surface area (Å²) in [6.07, 6.45) is -50.8. The second kappa shape index (κ2) is 26.5. The van der Waals surface area contributed by atoms with Gasteiger partial charge in [0.05, 0.1) is 39.1 Å². The number of hydrogen-bond donors (Lipinski definition) is 19. The Morgan fingerprint density at radius 2 is 0.680 bits per heavy atom. The molecule has 0 aromatic rings. The third-order valence-corrected chi connectivity index (χ3v) is 13.6. The van der Waals surface area contributed by atoms with Gasteiger partial charge in [-0.05, 0) is 6.92 Å². The van der Waals surface area contributed by atoms with E-state index in [2.05, 4.69) is 16.0 Å². The van der Waals surface area contributed by atoms with Crippen molar-refractivity contribution < 1.29 is 148 Å². The van der Waals surface area contributed by atoms with Gasteiger partial charge in [0.2, 0.25) is 17.7 Å². The van der Waals surface area contributed by atoms with Crippen LogP contribution >= 0.6 is 0 Å². The van der Waals surface area contributed by atoms with Crippen LogP contribution in [0.3, 0.4) is 0 Å². The van der Waals surface area contributed by atoms with Crippen molar-refractivity contribution in [1.29, 1.82) is 0 Å². The summed E-state index contributed by atoms with van der Waals surface area (Å²) < 4.78 is 64.7. The molecule has 3 amide bonds. The van der Waals surface area contributed by atoms with Crippen LogP contribution in [0.5, 0.6) is 0 Å². The predicted octanol–water partition coefficient (Wildman–Crippen LogP) is -12.6. The van der Waals surface area contributed by atoms with Crippen LogP contribution in [0.1, 0.15) is 27.7 Å². The van der Waals surface area contributed by atoms with Gasteiger partial charge in [-0.3, -0.25) is 14.4 Å². The summed E-state index contributed by atoms with van der Waals surface area (Å²) in [7, 11) is 0. The van der Waals surface area contributed by atoms with Gasteiger partial charge in [0, 0.05) is 20.8 Å². The largest absolute Gasteiger partial charge is 0.394 e. The maximum absolute atomic E-state index is 13.1. The maximum atomic E-state index is 13.1.